The van der Waals surface area contributed by atoms with Crippen LogP contribution in [0.3, 0.4) is 0 Å². The van der Waals surface area contributed by atoms with Gasteiger partial charge >= 0.3 is 0 Å². The summed E-state index contributed by atoms with van der Waals surface area (Å²) in [6, 6.07) is 12.6. The van der Waals surface area contributed by atoms with Gasteiger partial charge in [0.25, 0.3) is 0 Å². The first-order valence-corrected chi connectivity index (χ1v) is 9.07. The average Bonchev–Trinajstić information content (AvgIpc) is 2.59. The molecule has 0 unspecified atom stereocenters. The summed E-state index contributed by atoms with van der Waals surface area (Å²) >= 11 is 0. The smallest absolute Gasteiger partial charge is 0.243 e. The maximum absolute atomic E-state index is 12.7. The van der Waals surface area contributed by atoms with E-state index < -0.39 is 10.0 Å². The maximum Gasteiger partial charge on any atom is 0.243 e. The second-order valence-corrected chi connectivity index (χ2v) is 7.54. The molecule has 0 heterocycles. The Morgan fingerprint density at radius 2 is 1.67 bits per heavy atom. The van der Waals surface area contributed by atoms with Gasteiger partial charge in [-0.3, -0.25) is 0 Å². The van der Waals surface area contributed by atoms with Crippen molar-refractivity contribution in [1.29, 1.82) is 0 Å². The molecule has 0 bridgehead atoms. The topological polar surface area (TPSA) is 55.8 Å². The minimum absolute atomic E-state index is 0.347. The summed E-state index contributed by atoms with van der Waals surface area (Å²) in [5, 5.41) is 0. The van der Waals surface area contributed by atoms with Crippen molar-refractivity contribution in [2.75, 3.05) is 27.8 Å². The van der Waals surface area contributed by atoms with Crippen LogP contribution in [-0.4, -0.2) is 40.5 Å². The quantitative estimate of drug-likeness (QED) is 0.771. The molecule has 0 aliphatic carbocycles. The third kappa shape index (κ3) is 3.88. The highest BCUT2D eigenvalue weighted by molar-refractivity contribution is 7.89. The zero-order valence-electron chi connectivity index (χ0n) is 14.4. The van der Waals surface area contributed by atoms with Crippen molar-refractivity contribution in [3.63, 3.8) is 0 Å². The second-order valence-electron chi connectivity index (χ2n) is 5.53. The normalized spacial score (nSPS) is 11.5. The number of hydrogen-bond acceptors (Lipinski definition) is 4. The molecule has 0 spiro atoms. The van der Waals surface area contributed by atoms with Crippen LogP contribution in [0.25, 0.3) is 0 Å². The fourth-order valence-corrected chi connectivity index (χ4v) is 3.85. The predicted molar refractivity (Wildman–Crippen MR) is 94.2 cm³/mol. The SMILES string of the molecule is COc1ccc(CCN(C)S(=O)(=O)c2ccccc2C)cc1OC. The largest absolute Gasteiger partial charge is 0.493 e. The molecular weight excluding hydrogens is 326 g/mol. The Labute approximate surface area is 143 Å². The van der Waals surface area contributed by atoms with Crippen LogP contribution >= 0.6 is 0 Å². The van der Waals surface area contributed by atoms with Gasteiger partial charge in [0, 0.05) is 13.6 Å². The van der Waals surface area contributed by atoms with E-state index in [1.807, 2.05) is 24.3 Å². The molecule has 0 aliphatic rings. The molecule has 0 radical (unpaired) electrons. The van der Waals surface area contributed by atoms with Gasteiger partial charge in [-0.25, -0.2) is 12.7 Å². The Kier molecular flexibility index (Phi) is 5.85. The monoisotopic (exact) mass is 349 g/mol. The van der Waals surface area contributed by atoms with Gasteiger partial charge in [-0.2, -0.15) is 0 Å². The van der Waals surface area contributed by atoms with E-state index in [-0.39, 0.29) is 0 Å². The molecule has 6 heteroatoms. The van der Waals surface area contributed by atoms with Crippen molar-refractivity contribution >= 4 is 10.0 Å². The minimum Gasteiger partial charge on any atom is -0.493 e. The van der Waals surface area contributed by atoms with Crippen molar-refractivity contribution < 1.29 is 17.9 Å². The van der Waals surface area contributed by atoms with E-state index in [1.165, 1.54) is 4.31 Å². The maximum atomic E-state index is 12.7. The van der Waals surface area contributed by atoms with E-state index in [0.29, 0.717) is 29.4 Å². The van der Waals surface area contributed by atoms with Crippen LogP contribution in [0.15, 0.2) is 47.4 Å². The van der Waals surface area contributed by atoms with Gasteiger partial charge in [-0.15, -0.1) is 0 Å². The van der Waals surface area contributed by atoms with Crippen molar-refractivity contribution in [1.82, 2.24) is 4.31 Å². The van der Waals surface area contributed by atoms with Gasteiger partial charge in [-0.1, -0.05) is 24.3 Å². The molecule has 0 N–H and O–H groups in total. The van der Waals surface area contributed by atoms with Crippen LogP contribution in [0.1, 0.15) is 11.1 Å². The Morgan fingerprint density at radius 3 is 2.29 bits per heavy atom. The summed E-state index contributed by atoms with van der Waals surface area (Å²) in [5.74, 6) is 1.29. The Hall–Kier alpha value is -2.05. The first-order chi connectivity index (χ1) is 11.4. The van der Waals surface area contributed by atoms with Gasteiger partial charge < -0.3 is 9.47 Å². The highest BCUT2D eigenvalue weighted by Gasteiger charge is 2.22. The molecule has 0 aromatic heterocycles. The number of aryl methyl sites for hydroxylation is 1. The van der Waals surface area contributed by atoms with Crippen LogP contribution in [0.2, 0.25) is 0 Å². The molecular formula is C18H23NO4S. The van der Waals surface area contributed by atoms with Gasteiger partial charge in [0.2, 0.25) is 10.0 Å². The molecule has 24 heavy (non-hydrogen) atoms. The number of likely N-dealkylation sites (N-methyl/N-ethyl adjacent to an activating group) is 1. The van der Waals surface area contributed by atoms with E-state index in [9.17, 15) is 8.42 Å². The van der Waals surface area contributed by atoms with Crippen molar-refractivity contribution in [3.8, 4) is 11.5 Å². The van der Waals surface area contributed by atoms with Gasteiger partial charge in [0.05, 0.1) is 19.1 Å². The standard InChI is InChI=1S/C18H23NO4S/c1-14-7-5-6-8-18(14)24(20,21)19(2)12-11-15-9-10-16(22-3)17(13-15)23-4/h5-10,13H,11-12H2,1-4H3. The van der Waals surface area contributed by atoms with Gasteiger partial charge in [-0.05, 0) is 42.7 Å². The minimum atomic E-state index is -3.49. The number of rotatable bonds is 7. The Bertz CT molecular complexity index is 802. The van der Waals surface area contributed by atoms with Gasteiger partial charge in [0.1, 0.15) is 0 Å². The van der Waals surface area contributed by atoms with E-state index in [2.05, 4.69) is 0 Å². The van der Waals surface area contributed by atoms with Crippen LogP contribution in [0.5, 0.6) is 11.5 Å². The van der Waals surface area contributed by atoms with Crippen LogP contribution in [0, 0.1) is 6.92 Å². The highest BCUT2D eigenvalue weighted by atomic mass is 32.2. The summed E-state index contributed by atoms with van der Waals surface area (Å²) in [6.45, 7) is 2.18. The molecule has 5 nitrogen and oxygen atoms in total. The molecule has 130 valence electrons. The van der Waals surface area contributed by atoms with Crippen LogP contribution < -0.4 is 9.47 Å². The lowest BCUT2D eigenvalue weighted by Gasteiger charge is -2.19. The van der Waals surface area contributed by atoms with Crippen molar-refractivity contribution in [2.45, 2.75) is 18.2 Å². The molecule has 0 amide bonds. The fraction of sp³-hybridized carbons (Fsp3) is 0.333. The predicted octanol–water partition coefficient (Wildman–Crippen LogP) is 2.88. The van der Waals surface area contributed by atoms with Crippen LogP contribution in [0.4, 0.5) is 0 Å². The van der Waals surface area contributed by atoms with Crippen molar-refractivity contribution in [2.24, 2.45) is 0 Å². The third-order valence-electron chi connectivity index (χ3n) is 3.95. The highest BCUT2D eigenvalue weighted by Crippen LogP contribution is 2.28. The van der Waals surface area contributed by atoms with Crippen LogP contribution in [-0.2, 0) is 16.4 Å². The molecule has 0 saturated heterocycles. The zero-order valence-corrected chi connectivity index (χ0v) is 15.3. The lowest BCUT2D eigenvalue weighted by molar-refractivity contribution is 0.354. The number of methoxy groups -OCH3 is 2. The second kappa shape index (κ2) is 7.68. The molecule has 0 saturated carbocycles. The summed E-state index contributed by atoms with van der Waals surface area (Å²) in [7, 11) is 1.27. The first-order valence-electron chi connectivity index (χ1n) is 7.63. The number of benzene rings is 2. The molecule has 0 aliphatic heterocycles. The Morgan fingerprint density at radius 1 is 1.00 bits per heavy atom. The summed E-state index contributed by atoms with van der Waals surface area (Å²) < 4.78 is 37.2. The van der Waals surface area contributed by atoms with E-state index >= 15 is 0 Å². The number of hydrogen-bond donors (Lipinski definition) is 0. The molecule has 0 fully saturated rings. The lowest BCUT2D eigenvalue weighted by Crippen LogP contribution is -2.29. The molecule has 2 aromatic rings. The zero-order chi connectivity index (χ0) is 17.7. The summed E-state index contributed by atoms with van der Waals surface area (Å²) in [4.78, 5) is 0.347. The van der Waals surface area contributed by atoms with E-state index in [4.69, 9.17) is 9.47 Å². The molecule has 0 atom stereocenters. The van der Waals surface area contributed by atoms with E-state index in [0.717, 1.165) is 11.1 Å². The van der Waals surface area contributed by atoms with E-state index in [1.54, 1.807) is 46.4 Å². The number of nitrogens with zero attached hydrogens (tertiary/aromatic N) is 1. The van der Waals surface area contributed by atoms with Crippen molar-refractivity contribution in [3.05, 3.63) is 53.6 Å². The molecule has 2 rings (SSSR count). The van der Waals surface area contributed by atoms with Gasteiger partial charge in [0.15, 0.2) is 11.5 Å². The average molecular weight is 349 g/mol. The number of sulfonamides is 1. The third-order valence-corrected chi connectivity index (χ3v) is 5.96. The fourth-order valence-electron chi connectivity index (χ4n) is 2.46. The Balaban J connectivity index is 2.13. The summed E-state index contributed by atoms with van der Waals surface area (Å²) in [6.07, 6.45) is 0.585. The number of ether oxygens (including phenoxy) is 2. The lowest BCUT2D eigenvalue weighted by atomic mass is 10.1. The first kappa shape index (κ1) is 18.3. The summed E-state index contributed by atoms with van der Waals surface area (Å²) in [5.41, 5.74) is 1.73. The molecule has 2 aromatic carbocycles.